The number of carboxylic acid groups (broad SMARTS) is 1. The Kier molecular flexibility index (Phi) is 3.66. The highest BCUT2D eigenvalue weighted by Gasteiger charge is 2.19. The van der Waals surface area contributed by atoms with Gasteiger partial charge >= 0.3 is 11.9 Å². The molecular formula is C7H11NO5. The zero-order valence-corrected chi connectivity index (χ0v) is 6.99. The summed E-state index contributed by atoms with van der Waals surface area (Å²) in [6.45, 7) is 1.52. The molecule has 2 N–H and O–H groups in total. The van der Waals surface area contributed by atoms with Gasteiger partial charge in [-0.05, 0) is 0 Å². The van der Waals surface area contributed by atoms with Gasteiger partial charge in [0.05, 0.1) is 32.5 Å². The summed E-state index contributed by atoms with van der Waals surface area (Å²) in [5, 5.41) is 10.6. The highest BCUT2D eigenvalue weighted by atomic mass is 16.5. The largest absolute Gasteiger partial charge is 0.474 e. The van der Waals surface area contributed by atoms with Crippen LogP contribution in [0.2, 0.25) is 0 Å². The van der Waals surface area contributed by atoms with E-state index in [9.17, 15) is 9.59 Å². The van der Waals surface area contributed by atoms with Gasteiger partial charge in [-0.25, -0.2) is 4.79 Å². The van der Waals surface area contributed by atoms with Crippen LogP contribution in [0.3, 0.4) is 0 Å². The van der Waals surface area contributed by atoms with Crippen molar-refractivity contribution >= 4 is 11.9 Å². The lowest BCUT2D eigenvalue weighted by Crippen LogP contribution is -2.43. The van der Waals surface area contributed by atoms with Gasteiger partial charge in [0.25, 0.3) is 0 Å². The molecule has 6 nitrogen and oxygen atoms in total. The standard InChI is InChI=1S/C7H11NO5/c9-6(7(10)11)8-5-3-12-1-2-13-4-5/h5H,1-4H2,(H,8,9)(H,10,11). The first-order valence-electron chi connectivity index (χ1n) is 3.89. The first-order valence-corrected chi connectivity index (χ1v) is 3.89. The van der Waals surface area contributed by atoms with E-state index in [4.69, 9.17) is 14.6 Å². The van der Waals surface area contributed by atoms with E-state index in [2.05, 4.69) is 5.32 Å². The molecule has 1 rings (SSSR count). The SMILES string of the molecule is O=C(O)C(=O)NC1COCCOC1. The molecule has 0 bridgehead atoms. The van der Waals surface area contributed by atoms with Crippen molar-refractivity contribution < 1.29 is 24.2 Å². The highest BCUT2D eigenvalue weighted by molar-refractivity contribution is 6.31. The maximum atomic E-state index is 10.7. The highest BCUT2D eigenvalue weighted by Crippen LogP contribution is 1.94. The van der Waals surface area contributed by atoms with E-state index in [0.717, 1.165) is 0 Å². The Morgan fingerprint density at radius 1 is 1.23 bits per heavy atom. The lowest BCUT2D eigenvalue weighted by molar-refractivity contribution is -0.150. The van der Waals surface area contributed by atoms with Crippen molar-refractivity contribution in [3.63, 3.8) is 0 Å². The topological polar surface area (TPSA) is 84.9 Å². The third kappa shape index (κ3) is 3.39. The van der Waals surface area contributed by atoms with Crippen LogP contribution in [0, 0.1) is 0 Å². The number of hydrogen-bond donors (Lipinski definition) is 2. The lowest BCUT2D eigenvalue weighted by atomic mass is 10.3. The molecule has 13 heavy (non-hydrogen) atoms. The molecule has 0 aromatic heterocycles. The van der Waals surface area contributed by atoms with Gasteiger partial charge in [-0.15, -0.1) is 0 Å². The molecular weight excluding hydrogens is 178 g/mol. The molecule has 0 aliphatic carbocycles. The van der Waals surface area contributed by atoms with Gasteiger partial charge in [-0.2, -0.15) is 0 Å². The normalized spacial score (nSPS) is 19.1. The number of carboxylic acids is 1. The van der Waals surface area contributed by atoms with Gasteiger partial charge in [0, 0.05) is 0 Å². The predicted molar refractivity (Wildman–Crippen MR) is 41.2 cm³/mol. The Morgan fingerprint density at radius 2 is 1.77 bits per heavy atom. The second-order valence-electron chi connectivity index (χ2n) is 2.63. The van der Waals surface area contributed by atoms with E-state index in [0.29, 0.717) is 26.4 Å². The fraction of sp³-hybridized carbons (Fsp3) is 0.714. The fourth-order valence-corrected chi connectivity index (χ4v) is 0.948. The van der Waals surface area contributed by atoms with E-state index in [-0.39, 0.29) is 6.04 Å². The molecule has 0 aromatic carbocycles. The smallest absolute Gasteiger partial charge is 0.394 e. The first-order chi connectivity index (χ1) is 6.20. The Hall–Kier alpha value is -1.14. The molecule has 1 saturated heterocycles. The van der Waals surface area contributed by atoms with Gasteiger partial charge in [-0.1, -0.05) is 0 Å². The first kappa shape index (κ1) is 9.94. The maximum absolute atomic E-state index is 10.7. The average Bonchev–Trinajstić information content (AvgIpc) is 2.32. The van der Waals surface area contributed by atoms with Gasteiger partial charge in [-0.3, -0.25) is 4.79 Å². The minimum Gasteiger partial charge on any atom is -0.474 e. The van der Waals surface area contributed by atoms with Crippen LogP contribution in [0.1, 0.15) is 0 Å². The molecule has 1 aliphatic rings. The molecule has 0 saturated carbocycles. The van der Waals surface area contributed by atoms with E-state index in [1.54, 1.807) is 0 Å². The molecule has 0 aromatic rings. The van der Waals surface area contributed by atoms with Crippen molar-refractivity contribution in [2.75, 3.05) is 26.4 Å². The Bertz CT molecular complexity index is 197. The number of nitrogens with one attached hydrogen (secondary N) is 1. The average molecular weight is 189 g/mol. The number of aliphatic carboxylic acids is 1. The van der Waals surface area contributed by atoms with E-state index < -0.39 is 11.9 Å². The van der Waals surface area contributed by atoms with E-state index in [1.807, 2.05) is 0 Å². The minimum atomic E-state index is -1.50. The third-order valence-corrected chi connectivity index (χ3v) is 1.54. The molecule has 0 spiro atoms. The summed E-state index contributed by atoms with van der Waals surface area (Å²) in [6, 6.07) is -0.369. The zero-order valence-electron chi connectivity index (χ0n) is 6.99. The maximum Gasteiger partial charge on any atom is 0.394 e. The van der Waals surface area contributed by atoms with Crippen molar-refractivity contribution in [1.29, 1.82) is 0 Å². The van der Waals surface area contributed by atoms with Crippen LogP contribution in [0.5, 0.6) is 0 Å². The second-order valence-corrected chi connectivity index (χ2v) is 2.63. The van der Waals surface area contributed by atoms with Gasteiger partial charge in [0.2, 0.25) is 0 Å². The van der Waals surface area contributed by atoms with Crippen molar-refractivity contribution in [1.82, 2.24) is 5.32 Å². The number of carbonyl (C=O) groups excluding carboxylic acids is 1. The van der Waals surface area contributed by atoms with Crippen molar-refractivity contribution in [2.45, 2.75) is 6.04 Å². The van der Waals surface area contributed by atoms with Crippen LogP contribution < -0.4 is 5.32 Å². The minimum absolute atomic E-state index is 0.291. The molecule has 1 fully saturated rings. The monoisotopic (exact) mass is 189 g/mol. The summed E-state index contributed by atoms with van der Waals surface area (Å²) in [5.41, 5.74) is 0. The van der Waals surface area contributed by atoms with Crippen LogP contribution in [0.25, 0.3) is 0 Å². The summed E-state index contributed by atoms with van der Waals surface area (Å²) >= 11 is 0. The van der Waals surface area contributed by atoms with Crippen LogP contribution in [-0.4, -0.2) is 49.5 Å². The number of hydrogen-bond acceptors (Lipinski definition) is 4. The van der Waals surface area contributed by atoms with Crippen molar-refractivity contribution in [3.05, 3.63) is 0 Å². The Labute approximate surface area is 74.8 Å². The third-order valence-electron chi connectivity index (χ3n) is 1.54. The summed E-state index contributed by atoms with van der Waals surface area (Å²) < 4.78 is 10.1. The molecule has 1 amide bonds. The fourth-order valence-electron chi connectivity index (χ4n) is 0.948. The van der Waals surface area contributed by atoms with E-state index >= 15 is 0 Å². The number of amides is 1. The van der Waals surface area contributed by atoms with Crippen LogP contribution in [0.15, 0.2) is 0 Å². The molecule has 0 radical (unpaired) electrons. The van der Waals surface area contributed by atoms with Gasteiger partial charge in [0.1, 0.15) is 0 Å². The van der Waals surface area contributed by atoms with E-state index in [1.165, 1.54) is 0 Å². The Morgan fingerprint density at radius 3 is 2.23 bits per heavy atom. The van der Waals surface area contributed by atoms with Crippen LogP contribution in [0.4, 0.5) is 0 Å². The Balaban J connectivity index is 2.33. The summed E-state index contributed by atoms with van der Waals surface area (Å²) in [6.07, 6.45) is 0. The zero-order chi connectivity index (χ0) is 9.68. The number of carbonyl (C=O) groups is 2. The molecule has 0 unspecified atom stereocenters. The molecule has 1 aliphatic heterocycles. The predicted octanol–water partition coefficient (Wildman–Crippen LogP) is -1.40. The van der Waals surface area contributed by atoms with Crippen molar-refractivity contribution in [3.8, 4) is 0 Å². The lowest BCUT2D eigenvalue weighted by Gasteiger charge is -2.12. The number of ether oxygens (including phenoxy) is 2. The van der Waals surface area contributed by atoms with Crippen molar-refractivity contribution in [2.24, 2.45) is 0 Å². The second kappa shape index (κ2) is 4.78. The molecule has 0 atom stereocenters. The summed E-state index contributed by atoms with van der Waals surface area (Å²) in [7, 11) is 0. The molecule has 1 heterocycles. The quantitative estimate of drug-likeness (QED) is 0.496. The van der Waals surface area contributed by atoms with Gasteiger partial charge < -0.3 is 19.9 Å². The van der Waals surface area contributed by atoms with Crippen LogP contribution in [-0.2, 0) is 19.1 Å². The van der Waals surface area contributed by atoms with Crippen LogP contribution >= 0.6 is 0 Å². The molecule has 74 valence electrons. The van der Waals surface area contributed by atoms with Gasteiger partial charge in [0.15, 0.2) is 0 Å². The molecule has 6 heteroatoms. The number of rotatable bonds is 1. The summed E-state index contributed by atoms with van der Waals surface area (Å²) in [5.74, 6) is -2.52. The summed E-state index contributed by atoms with van der Waals surface area (Å²) in [4.78, 5) is 20.9.